The minimum absolute atomic E-state index is 0.144. The second kappa shape index (κ2) is 11.6. The molecule has 3 saturated heterocycles. The molecule has 41 heavy (non-hydrogen) atoms. The van der Waals surface area contributed by atoms with Crippen molar-refractivity contribution in [1.82, 2.24) is 19.8 Å². The summed E-state index contributed by atoms with van der Waals surface area (Å²) in [5.41, 5.74) is -0.520. The Bertz CT molecular complexity index is 1290. The lowest BCUT2D eigenvalue weighted by Gasteiger charge is -2.53. The Balaban J connectivity index is 1.44. The monoisotopic (exact) mass is 743 g/mol. The first-order valence-electron chi connectivity index (χ1n) is 14.6. The Hall–Kier alpha value is -1.44. The predicted molar refractivity (Wildman–Crippen MR) is 173 cm³/mol. The van der Waals surface area contributed by atoms with E-state index in [1.807, 2.05) is 25.7 Å². The van der Waals surface area contributed by atoms with Gasteiger partial charge in [0.25, 0.3) is 0 Å². The highest BCUT2D eigenvalue weighted by Crippen LogP contribution is 2.45. The Morgan fingerprint density at radius 1 is 1.12 bits per heavy atom. The van der Waals surface area contributed by atoms with Crippen molar-refractivity contribution < 1.29 is 19.4 Å². The van der Waals surface area contributed by atoms with Crippen molar-refractivity contribution in [1.29, 1.82) is 0 Å². The van der Waals surface area contributed by atoms with E-state index >= 15 is 0 Å². The number of nitrogens with zero attached hydrogens (tertiary/aromatic N) is 5. The van der Waals surface area contributed by atoms with E-state index in [-0.39, 0.29) is 18.1 Å². The SMILES string of the molecule is CN1CCC(c2nc(N3CCC4(CC3)CN(C(=O)OC(C)(C)C)C4)c3cc(I)c(Br)c(OCC(C)(C)O)c3n2)CC1. The average Bonchev–Trinajstić information content (AvgIpc) is 2.86. The first kappa shape index (κ1) is 31.0. The third-order valence-electron chi connectivity index (χ3n) is 8.32. The number of carbonyl (C=O) groups is 1. The number of halogens is 2. The minimum atomic E-state index is -0.975. The van der Waals surface area contributed by atoms with Crippen LogP contribution in [-0.4, -0.2) is 95.1 Å². The molecule has 5 rings (SSSR count). The number of ether oxygens (including phenoxy) is 2. The van der Waals surface area contributed by atoms with Crippen LogP contribution in [0, 0.1) is 8.99 Å². The van der Waals surface area contributed by atoms with Crippen LogP contribution in [0.4, 0.5) is 10.6 Å². The molecule has 1 spiro atoms. The van der Waals surface area contributed by atoms with Gasteiger partial charge in [0.1, 0.15) is 29.4 Å². The fourth-order valence-electron chi connectivity index (χ4n) is 5.98. The molecule has 1 aromatic carbocycles. The Kier molecular flexibility index (Phi) is 8.75. The maximum absolute atomic E-state index is 12.6. The lowest BCUT2D eigenvalue weighted by molar-refractivity contribution is -0.0434. The average molecular weight is 745 g/mol. The molecule has 1 amide bonds. The molecule has 3 fully saturated rings. The molecule has 9 nitrogen and oxygen atoms in total. The van der Waals surface area contributed by atoms with Crippen LogP contribution in [0.25, 0.3) is 10.9 Å². The Labute approximate surface area is 265 Å². The summed E-state index contributed by atoms with van der Waals surface area (Å²) in [6, 6.07) is 2.14. The number of hydrogen-bond donors (Lipinski definition) is 1. The summed E-state index contributed by atoms with van der Waals surface area (Å²) < 4.78 is 13.7. The molecule has 226 valence electrons. The van der Waals surface area contributed by atoms with Gasteiger partial charge in [0.15, 0.2) is 5.75 Å². The van der Waals surface area contributed by atoms with Crippen molar-refractivity contribution >= 4 is 61.3 Å². The summed E-state index contributed by atoms with van der Waals surface area (Å²) >= 11 is 6.07. The minimum Gasteiger partial charge on any atom is -0.487 e. The number of anilines is 1. The molecule has 0 aliphatic carbocycles. The number of hydrogen-bond acceptors (Lipinski definition) is 8. The third kappa shape index (κ3) is 7.04. The standard InChI is InChI=1S/C30H43BrIN5O4/c1-28(2,3)41-27(38)37-16-30(17-37)9-13-36(14-10-30)26-20-15-21(32)22(31)24(40-18-29(4,5)39)23(20)33-25(34-26)19-7-11-35(6)12-8-19/h15,19,39H,7-14,16-18H2,1-6H3. The smallest absolute Gasteiger partial charge is 0.410 e. The first-order chi connectivity index (χ1) is 19.1. The van der Waals surface area contributed by atoms with Crippen LogP contribution in [0.2, 0.25) is 0 Å². The fourth-order valence-corrected chi connectivity index (χ4v) is 6.95. The number of amides is 1. The van der Waals surface area contributed by atoms with Crippen molar-refractivity contribution in [2.45, 2.75) is 77.4 Å². The molecular formula is C30H43BrIN5O4. The number of aromatic nitrogens is 2. The van der Waals surface area contributed by atoms with Crippen LogP contribution < -0.4 is 9.64 Å². The second-order valence-electron chi connectivity index (χ2n) is 13.8. The summed E-state index contributed by atoms with van der Waals surface area (Å²) in [6.45, 7) is 14.7. The van der Waals surface area contributed by atoms with Crippen molar-refractivity contribution in [2.24, 2.45) is 5.41 Å². The molecule has 1 N–H and O–H groups in total. The summed E-state index contributed by atoms with van der Waals surface area (Å²) in [5, 5.41) is 11.4. The number of carbonyl (C=O) groups excluding carboxylic acids is 1. The van der Waals surface area contributed by atoms with Crippen LogP contribution >= 0.6 is 38.5 Å². The molecule has 0 atom stereocenters. The van der Waals surface area contributed by atoms with E-state index < -0.39 is 11.2 Å². The van der Waals surface area contributed by atoms with Gasteiger partial charge in [0.2, 0.25) is 0 Å². The lowest BCUT2D eigenvalue weighted by atomic mass is 9.72. The van der Waals surface area contributed by atoms with Crippen LogP contribution in [-0.2, 0) is 4.74 Å². The van der Waals surface area contributed by atoms with Crippen molar-refractivity contribution in [2.75, 3.05) is 57.8 Å². The lowest BCUT2D eigenvalue weighted by Crippen LogP contribution is -2.62. The fraction of sp³-hybridized carbons (Fsp3) is 0.700. The number of piperidine rings is 2. The zero-order chi connectivity index (χ0) is 29.7. The number of benzene rings is 1. The highest BCUT2D eigenvalue weighted by atomic mass is 127. The molecule has 0 saturated carbocycles. The highest BCUT2D eigenvalue weighted by molar-refractivity contribution is 14.1. The predicted octanol–water partition coefficient (Wildman–Crippen LogP) is 5.79. The van der Waals surface area contributed by atoms with Gasteiger partial charge in [-0.05, 0) is 125 Å². The van der Waals surface area contributed by atoms with Gasteiger partial charge in [-0.3, -0.25) is 0 Å². The first-order valence-corrected chi connectivity index (χ1v) is 16.5. The van der Waals surface area contributed by atoms with Gasteiger partial charge in [-0.1, -0.05) is 0 Å². The summed E-state index contributed by atoms with van der Waals surface area (Å²) in [7, 11) is 2.17. The number of aliphatic hydroxyl groups is 1. The van der Waals surface area contributed by atoms with Crippen molar-refractivity contribution in [3.8, 4) is 5.75 Å². The molecule has 11 heteroatoms. The van der Waals surface area contributed by atoms with Crippen LogP contribution in [0.3, 0.4) is 0 Å². The van der Waals surface area contributed by atoms with E-state index in [1.54, 1.807) is 13.8 Å². The molecule has 3 aliphatic rings. The quantitative estimate of drug-likeness (QED) is 0.385. The van der Waals surface area contributed by atoms with Crippen LogP contribution in [0.15, 0.2) is 10.5 Å². The molecule has 2 aromatic rings. The van der Waals surface area contributed by atoms with E-state index in [9.17, 15) is 9.90 Å². The van der Waals surface area contributed by atoms with E-state index in [0.717, 1.165) is 95.5 Å². The van der Waals surface area contributed by atoms with Gasteiger partial charge in [0.05, 0.1) is 10.1 Å². The molecule has 0 radical (unpaired) electrons. The van der Waals surface area contributed by atoms with Gasteiger partial charge in [0, 0.05) is 46.5 Å². The zero-order valence-corrected chi connectivity index (χ0v) is 28.8. The molecule has 0 bridgehead atoms. The largest absolute Gasteiger partial charge is 0.487 e. The van der Waals surface area contributed by atoms with Gasteiger partial charge in [-0.25, -0.2) is 14.8 Å². The molecule has 1 aromatic heterocycles. The van der Waals surface area contributed by atoms with Crippen LogP contribution in [0.1, 0.15) is 72.0 Å². The third-order valence-corrected chi connectivity index (χ3v) is 10.7. The zero-order valence-electron chi connectivity index (χ0n) is 25.1. The highest BCUT2D eigenvalue weighted by Gasteiger charge is 2.48. The van der Waals surface area contributed by atoms with E-state index in [1.165, 1.54) is 0 Å². The topological polar surface area (TPSA) is 91.3 Å². The molecule has 4 heterocycles. The number of likely N-dealkylation sites (tertiary alicyclic amines) is 2. The van der Waals surface area contributed by atoms with Crippen molar-refractivity contribution in [3.05, 3.63) is 19.9 Å². The molecular weight excluding hydrogens is 701 g/mol. The molecule has 0 unspecified atom stereocenters. The summed E-state index contributed by atoms with van der Waals surface area (Å²) in [5.74, 6) is 2.79. The van der Waals surface area contributed by atoms with Crippen LogP contribution in [0.5, 0.6) is 5.75 Å². The van der Waals surface area contributed by atoms with Gasteiger partial charge < -0.3 is 29.3 Å². The normalized spacial score (nSPS) is 20.4. The van der Waals surface area contributed by atoms with Gasteiger partial charge >= 0.3 is 6.09 Å². The second-order valence-corrected chi connectivity index (χ2v) is 15.8. The number of rotatable bonds is 5. The number of fused-ring (bicyclic) bond motifs is 1. The Morgan fingerprint density at radius 2 is 1.76 bits per heavy atom. The van der Waals surface area contributed by atoms with E-state index in [4.69, 9.17) is 19.4 Å². The van der Waals surface area contributed by atoms with E-state index in [0.29, 0.717) is 11.7 Å². The molecule has 3 aliphatic heterocycles. The Morgan fingerprint density at radius 3 is 2.34 bits per heavy atom. The van der Waals surface area contributed by atoms with E-state index in [2.05, 4.69) is 61.4 Å². The maximum atomic E-state index is 12.6. The van der Waals surface area contributed by atoms with Gasteiger partial charge in [-0.2, -0.15) is 0 Å². The maximum Gasteiger partial charge on any atom is 0.410 e. The van der Waals surface area contributed by atoms with Gasteiger partial charge in [-0.15, -0.1) is 0 Å². The summed E-state index contributed by atoms with van der Waals surface area (Å²) in [6.07, 6.45) is 3.83. The van der Waals surface area contributed by atoms with Crippen molar-refractivity contribution in [3.63, 3.8) is 0 Å². The summed E-state index contributed by atoms with van der Waals surface area (Å²) in [4.78, 5) is 29.5.